The second kappa shape index (κ2) is 11.8. The van der Waals surface area contributed by atoms with E-state index < -0.39 is 10.0 Å². The molecule has 41 heavy (non-hydrogen) atoms. The summed E-state index contributed by atoms with van der Waals surface area (Å²) in [4.78, 5) is 10.9. The van der Waals surface area contributed by atoms with Crippen LogP contribution in [0.15, 0.2) is 96.0 Å². The van der Waals surface area contributed by atoms with Crippen molar-refractivity contribution in [2.45, 2.75) is 49.2 Å². The Balaban J connectivity index is 1.13. The summed E-state index contributed by atoms with van der Waals surface area (Å²) in [6.45, 7) is 9.93. The topological polar surface area (TPSA) is 57.9 Å². The van der Waals surface area contributed by atoms with E-state index >= 15 is 0 Å². The van der Waals surface area contributed by atoms with Crippen LogP contribution in [0.4, 0.5) is 5.69 Å². The van der Waals surface area contributed by atoms with Gasteiger partial charge in [-0.1, -0.05) is 66.2 Å². The summed E-state index contributed by atoms with van der Waals surface area (Å²) >= 11 is 6.00. The van der Waals surface area contributed by atoms with E-state index in [1.54, 1.807) is 34.8 Å². The SMILES string of the molecule is [C-]#[N+]c1cnc(-c2ccc(CN3CCC(N(C4CC4)S(=O)(=O)c4ccc(Cl)cc4)CC3)cc2)c(-c2ccccc2)c1. The van der Waals surface area contributed by atoms with E-state index in [2.05, 4.69) is 39.0 Å². The van der Waals surface area contributed by atoms with Gasteiger partial charge in [0.25, 0.3) is 0 Å². The van der Waals surface area contributed by atoms with Crippen LogP contribution in [-0.4, -0.2) is 47.8 Å². The molecule has 0 unspecified atom stereocenters. The van der Waals surface area contributed by atoms with Crippen LogP contribution in [0, 0.1) is 6.57 Å². The fourth-order valence-corrected chi connectivity index (χ4v) is 7.74. The highest BCUT2D eigenvalue weighted by molar-refractivity contribution is 7.89. The Morgan fingerprint density at radius 1 is 0.878 bits per heavy atom. The van der Waals surface area contributed by atoms with Gasteiger partial charge in [-0.3, -0.25) is 9.88 Å². The molecule has 0 atom stereocenters. The van der Waals surface area contributed by atoms with E-state index in [-0.39, 0.29) is 12.1 Å². The van der Waals surface area contributed by atoms with Gasteiger partial charge in [0, 0.05) is 48.5 Å². The van der Waals surface area contributed by atoms with Crippen LogP contribution in [0.3, 0.4) is 0 Å². The maximum Gasteiger partial charge on any atom is 0.243 e. The lowest BCUT2D eigenvalue weighted by Crippen LogP contribution is -2.48. The average Bonchev–Trinajstić information content (AvgIpc) is 3.84. The van der Waals surface area contributed by atoms with Crippen LogP contribution in [-0.2, 0) is 16.6 Å². The minimum atomic E-state index is -3.56. The van der Waals surface area contributed by atoms with Crippen LogP contribution in [0.5, 0.6) is 0 Å². The van der Waals surface area contributed by atoms with E-state index in [4.69, 9.17) is 18.2 Å². The van der Waals surface area contributed by atoms with Crippen molar-refractivity contribution < 1.29 is 8.42 Å². The lowest BCUT2D eigenvalue weighted by molar-refractivity contribution is 0.150. The second-order valence-electron chi connectivity index (χ2n) is 10.8. The van der Waals surface area contributed by atoms with E-state index in [9.17, 15) is 8.42 Å². The number of piperidine rings is 1. The zero-order chi connectivity index (χ0) is 28.4. The summed E-state index contributed by atoms with van der Waals surface area (Å²) in [5, 5.41) is 0.536. The molecule has 1 aliphatic carbocycles. The Bertz CT molecular complexity index is 1660. The van der Waals surface area contributed by atoms with Gasteiger partial charge in [0.05, 0.1) is 17.2 Å². The Morgan fingerprint density at radius 2 is 1.54 bits per heavy atom. The zero-order valence-electron chi connectivity index (χ0n) is 22.7. The molecule has 1 saturated heterocycles. The third kappa shape index (κ3) is 6.07. The molecule has 208 valence electrons. The summed E-state index contributed by atoms with van der Waals surface area (Å²) < 4.78 is 28.9. The molecule has 0 radical (unpaired) electrons. The molecule has 2 fully saturated rings. The van der Waals surface area contributed by atoms with Crippen LogP contribution in [0.2, 0.25) is 5.02 Å². The first-order valence-corrected chi connectivity index (χ1v) is 15.8. The molecular formula is C33H31ClN4O2S. The quantitative estimate of drug-likeness (QED) is 0.203. The molecule has 0 amide bonds. The highest BCUT2D eigenvalue weighted by atomic mass is 35.5. The van der Waals surface area contributed by atoms with E-state index in [1.165, 1.54) is 5.56 Å². The van der Waals surface area contributed by atoms with Crippen molar-refractivity contribution in [2.24, 2.45) is 0 Å². The molecule has 4 aromatic rings. The predicted octanol–water partition coefficient (Wildman–Crippen LogP) is 7.44. The van der Waals surface area contributed by atoms with Crippen molar-refractivity contribution >= 4 is 27.3 Å². The molecule has 2 aliphatic rings. The number of benzene rings is 3. The van der Waals surface area contributed by atoms with Crippen LogP contribution in [0.25, 0.3) is 27.2 Å². The van der Waals surface area contributed by atoms with Gasteiger partial charge in [-0.05, 0) is 72.7 Å². The second-order valence-corrected chi connectivity index (χ2v) is 13.1. The molecule has 2 heterocycles. The van der Waals surface area contributed by atoms with Crippen molar-refractivity contribution in [2.75, 3.05) is 13.1 Å². The largest absolute Gasteiger partial charge is 0.299 e. The zero-order valence-corrected chi connectivity index (χ0v) is 24.2. The highest BCUT2D eigenvalue weighted by Gasteiger charge is 2.43. The Morgan fingerprint density at radius 3 is 2.17 bits per heavy atom. The molecule has 1 aromatic heterocycles. The first-order chi connectivity index (χ1) is 19.9. The van der Waals surface area contributed by atoms with Gasteiger partial charge in [0.15, 0.2) is 0 Å². The van der Waals surface area contributed by atoms with Crippen molar-refractivity contribution in [3.63, 3.8) is 0 Å². The lowest BCUT2D eigenvalue weighted by atomic mass is 9.98. The third-order valence-electron chi connectivity index (χ3n) is 7.93. The maximum atomic E-state index is 13.5. The van der Waals surface area contributed by atoms with E-state index in [0.29, 0.717) is 15.6 Å². The van der Waals surface area contributed by atoms with Gasteiger partial charge in [-0.2, -0.15) is 4.31 Å². The molecule has 1 aliphatic heterocycles. The molecule has 6 rings (SSSR count). The molecule has 6 nitrogen and oxygen atoms in total. The van der Waals surface area contributed by atoms with Crippen LogP contribution in [0.1, 0.15) is 31.2 Å². The lowest BCUT2D eigenvalue weighted by Gasteiger charge is -2.38. The molecular weight excluding hydrogens is 552 g/mol. The van der Waals surface area contributed by atoms with Crippen molar-refractivity contribution in [3.8, 4) is 22.4 Å². The normalized spacial score (nSPS) is 16.5. The number of halogens is 1. The third-order valence-corrected chi connectivity index (χ3v) is 10.2. The minimum Gasteiger partial charge on any atom is -0.299 e. The molecule has 0 spiro atoms. The van der Waals surface area contributed by atoms with Crippen molar-refractivity contribution in [1.29, 1.82) is 0 Å². The van der Waals surface area contributed by atoms with E-state index in [1.807, 2.05) is 36.4 Å². The molecule has 0 bridgehead atoms. The number of aromatic nitrogens is 1. The Kier molecular flexibility index (Phi) is 7.92. The smallest absolute Gasteiger partial charge is 0.243 e. The van der Waals surface area contributed by atoms with Crippen LogP contribution < -0.4 is 0 Å². The number of nitrogens with zero attached hydrogens (tertiary/aromatic N) is 4. The van der Waals surface area contributed by atoms with Gasteiger partial charge in [-0.25, -0.2) is 13.3 Å². The van der Waals surface area contributed by atoms with Crippen molar-refractivity contribution in [1.82, 2.24) is 14.2 Å². The Hall–Kier alpha value is -3.54. The van der Waals surface area contributed by atoms with Crippen molar-refractivity contribution in [3.05, 3.63) is 113 Å². The summed E-state index contributed by atoms with van der Waals surface area (Å²) in [6.07, 6.45) is 5.13. The van der Waals surface area contributed by atoms with Gasteiger partial charge in [0.2, 0.25) is 15.7 Å². The van der Waals surface area contributed by atoms with Gasteiger partial charge >= 0.3 is 0 Å². The number of rotatable bonds is 8. The number of likely N-dealkylation sites (tertiary alicyclic amines) is 1. The summed E-state index contributed by atoms with van der Waals surface area (Å²) in [6, 6.07) is 27.1. The summed E-state index contributed by atoms with van der Waals surface area (Å²) in [5.74, 6) is 0. The van der Waals surface area contributed by atoms with Crippen LogP contribution >= 0.6 is 11.6 Å². The van der Waals surface area contributed by atoms with Gasteiger partial charge < -0.3 is 0 Å². The summed E-state index contributed by atoms with van der Waals surface area (Å²) in [7, 11) is -3.56. The maximum absolute atomic E-state index is 13.5. The molecule has 1 saturated carbocycles. The van der Waals surface area contributed by atoms with Gasteiger partial charge in [0.1, 0.15) is 0 Å². The summed E-state index contributed by atoms with van der Waals surface area (Å²) in [5.41, 5.74) is 5.58. The number of hydrogen-bond donors (Lipinski definition) is 0. The predicted molar refractivity (Wildman–Crippen MR) is 163 cm³/mol. The Labute approximate surface area is 247 Å². The number of sulfonamides is 1. The molecule has 3 aromatic carbocycles. The highest BCUT2D eigenvalue weighted by Crippen LogP contribution is 2.37. The fraction of sp³-hybridized carbons (Fsp3) is 0.273. The molecule has 0 N–H and O–H groups in total. The monoisotopic (exact) mass is 582 g/mol. The molecule has 8 heteroatoms. The standard InChI is InChI=1S/C33H31ClN4O2S/c1-35-28-21-32(25-5-3-2-4-6-25)33(36-22-28)26-9-7-24(8-10-26)23-37-19-17-30(18-20-37)38(29-13-14-29)41(39,40)31-15-11-27(34)12-16-31/h2-12,15-16,21-22,29-30H,13-14,17-20,23H2. The average molecular weight is 583 g/mol. The van der Waals surface area contributed by atoms with E-state index in [0.717, 1.165) is 67.7 Å². The number of pyridine rings is 1. The first kappa shape index (κ1) is 27.6. The fourth-order valence-electron chi connectivity index (χ4n) is 5.69. The van der Waals surface area contributed by atoms with Gasteiger partial charge in [-0.15, -0.1) is 0 Å². The number of hydrogen-bond acceptors (Lipinski definition) is 4. The minimum absolute atomic E-state index is 0.0164. The first-order valence-electron chi connectivity index (χ1n) is 14.0.